The van der Waals surface area contributed by atoms with Crippen molar-refractivity contribution in [3.8, 4) is 0 Å². The minimum Gasteiger partial charge on any atom is -0.396 e. The molecule has 0 aromatic carbocycles. The monoisotopic (exact) mass is 633 g/mol. The Hall–Kier alpha value is -2.45. The predicted octanol–water partition coefficient (Wildman–Crippen LogP) is 13.8. The van der Waals surface area contributed by atoms with Crippen LogP contribution in [0.5, 0.6) is 0 Å². The van der Waals surface area contributed by atoms with E-state index in [1.807, 2.05) is 24.3 Å². The van der Waals surface area contributed by atoms with Crippen LogP contribution in [0.15, 0.2) is 97.2 Å². The molecular weight excluding hydrogens is 560 g/mol. The standard InChI is InChI=1S/C44H72O2/c45-43-41-39-37-35-33-31-29-27-25-23-21-19-17-15-13-11-9-7-5-3-1-2-4-6-8-10-12-14-16-18-20-22-24-26-28-30-32-34-36-38-40-42-44-46/h5,7,13,15,19,21,27,29-30,32,34-38,40,44-45H,1-4,6,8-12,14,16-18,20,22-26,28,31,33,39,41-43H2. The molecule has 260 valence electrons. The van der Waals surface area contributed by atoms with Gasteiger partial charge in [0.25, 0.3) is 0 Å². The first kappa shape index (κ1) is 43.5. The molecule has 0 bridgehead atoms. The molecule has 0 saturated heterocycles. The summed E-state index contributed by atoms with van der Waals surface area (Å²) in [5.74, 6) is 0. The third kappa shape index (κ3) is 41.5. The van der Waals surface area contributed by atoms with Gasteiger partial charge in [0, 0.05) is 13.0 Å². The number of aliphatic hydroxyl groups excluding tert-OH is 1. The fourth-order valence-electron chi connectivity index (χ4n) is 5.16. The second-order valence-corrected chi connectivity index (χ2v) is 12.4. The average Bonchev–Trinajstić information content (AvgIpc) is 3.07. The van der Waals surface area contributed by atoms with E-state index in [0.717, 1.165) is 57.7 Å². The zero-order valence-electron chi connectivity index (χ0n) is 29.8. The summed E-state index contributed by atoms with van der Waals surface area (Å²) < 4.78 is 0. The second kappa shape index (κ2) is 42.6. The molecule has 0 atom stereocenters. The number of rotatable bonds is 35. The Morgan fingerprint density at radius 3 is 1.02 bits per heavy atom. The maximum absolute atomic E-state index is 10.2. The van der Waals surface area contributed by atoms with Crippen LogP contribution in [0.4, 0.5) is 0 Å². The van der Waals surface area contributed by atoms with Crippen LogP contribution in [0.1, 0.15) is 167 Å². The van der Waals surface area contributed by atoms with Crippen LogP contribution < -0.4 is 0 Å². The Labute approximate surface area is 286 Å². The van der Waals surface area contributed by atoms with Gasteiger partial charge >= 0.3 is 0 Å². The molecule has 2 nitrogen and oxygen atoms in total. The molecule has 46 heavy (non-hydrogen) atoms. The van der Waals surface area contributed by atoms with Crippen LogP contribution in [-0.4, -0.2) is 18.0 Å². The summed E-state index contributed by atoms with van der Waals surface area (Å²) >= 11 is 0. The van der Waals surface area contributed by atoms with Crippen molar-refractivity contribution >= 4 is 6.29 Å². The highest BCUT2D eigenvalue weighted by Gasteiger charge is 1.94. The van der Waals surface area contributed by atoms with Gasteiger partial charge in [-0.2, -0.15) is 0 Å². The third-order valence-electron chi connectivity index (χ3n) is 7.96. The van der Waals surface area contributed by atoms with Gasteiger partial charge < -0.3 is 9.90 Å². The molecule has 1 N–H and O–H groups in total. The molecule has 0 aliphatic carbocycles. The first-order valence-electron chi connectivity index (χ1n) is 19.2. The van der Waals surface area contributed by atoms with Crippen LogP contribution >= 0.6 is 0 Å². The minimum absolute atomic E-state index is 0.292. The lowest BCUT2D eigenvalue weighted by Gasteiger charge is -2.03. The molecule has 0 aliphatic rings. The van der Waals surface area contributed by atoms with Gasteiger partial charge in [-0.05, 0) is 83.5 Å². The number of unbranched alkanes of at least 4 members (excludes halogenated alkanes) is 19. The van der Waals surface area contributed by atoms with Gasteiger partial charge in [-0.1, -0.05) is 174 Å². The molecule has 0 aromatic rings. The Kier molecular flexibility index (Phi) is 40.3. The lowest BCUT2D eigenvalue weighted by molar-refractivity contribution is -0.107. The topological polar surface area (TPSA) is 37.3 Å². The Bertz CT molecular complexity index is 836. The van der Waals surface area contributed by atoms with E-state index in [1.54, 1.807) is 0 Å². The van der Waals surface area contributed by atoms with Gasteiger partial charge in [-0.3, -0.25) is 0 Å². The van der Waals surface area contributed by atoms with Crippen LogP contribution in [-0.2, 0) is 4.79 Å². The molecule has 0 aliphatic heterocycles. The van der Waals surface area contributed by atoms with E-state index >= 15 is 0 Å². The van der Waals surface area contributed by atoms with Crippen molar-refractivity contribution in [2.24, 2.45) is 0 Å². The lowest BCUT2D eigenvalue weighted by atomic mass is 10.0. The van der Waals surface area contributed by atoms with Crippen LogP contribution in [0.2, 0.25) is 0 Å². The number of carbonyl (C=O) groups excluding carboxylic acids is 1. The number of aliphatic hydroxyl groups is 1. The van der Waals surface area contributed by atoms with E-state index in [9.17, 15) is 4.79 Å². The van der Waals surface area contributed by atoms with E-state index < -0.39 is 0 Å². The van der Waals surface area contributed by atoms with Crippen molar-refractivity contribution in [2.45, 2.75) is 167 Å². The maximum Gasteiger partial charge on any atom is 0.123 e. The minimum atomic E-state index is 0.292. The summed E-state index contributed by atoms with van der Waals surface area (Å²) in [5.41, 5.74) is 0. The fraction of sp³-hybridized carbons (Fsp3) is 0.614. The van der Waals surface area contributed by atoms with Gasteiger partial charge in [-0.15, -0.1) is 0 Å². The molecule has 0 unspecified atom stereocenters. The molecule has 0 rings (SSSR count). The van der Waals surface area contributed by atoms with E-state index in [1.165, 1.54) is 109 Å². The van der Waals surface area contributed by atoms with Crippen molar-refractivity contribution in [3.63, 3.8) is 0 Å². The van der Waals surface area contributed by atoms with Crippen molar-refractivity contribution < 1.29 is 9.90 Å². The highest BCUT2D eigenvalue weighted by Crippen LogP contribution is 2.14. The number of carbonyl (C=O) groups is 1. The molecule has 0 saturated carbocycles. The van der Waals surface area contributed by atoms with Crippen molar-refractivity contribution in [2.75, 3.05) is 6.61 Å². The Morgan fingerprint density at radius 2 is 0.609 bits per heavy atom. The van der Waals surface area contributed by atoms with Gasteiger partial charge in [0.2, 0.25) is 0 Å². The Balaban J connectivity index is 3.30. The first-order valence-corrected chi connectivity index (χ1v) is 19.2. The number of hydrogen-bond acceptors (Lipinski definition) is 2. The van der Waals surface area contributed by atoms with E-state index in [4.69, 9.17) is 5.11 Å². The summed E-state index contributed by atoms with van der Waals surface area (Å²) in [6, 6.07) is 0. The second-order valence-electron chi connectivity index (χ2n) is 12.4. The molecule has 0 fully saturated rings. The van der Waals surface area contributed by atoms with Crippen LogP contribution in [0.3, 0.4) is 0 Å². The molecule has 0 amide bonds. The SMILES string of the molecule is O=CCC=CC=CC=CCCCCCCCCCCCCCCCCC=CCCC=CCC=CCCC=CCCC=CCCCO. The quantitative estimate of drug-likeness (QED) is 0.0327. The molecule has 2 heteroatoms. The number of allylic oxidation sites excluding steroid dienone is 16. The Morgan fingerprint density at radius 1 is 0.283 bits per heavy atom. The largest absolute Gasteiger partial charge is 0.396 e. The zero-order valence-corrected chi connectivity index (χ0v) is 29.8. The highest BCUT2D eigenvalue weighted by molar-refractivity contribution is 5.52. The van der Waals surface area contributed by atoms with E-state index in [0.29, 0.717) is 13.0 Å². The lowest BCUT2D eigenvalue weighted by Crippen LogP contribution is -1.83. The van der Waals surface area contributed by atoms with Crippen LogP contribution in [0, 0.1) is 0 Å². The smallest absolute Gasteiger partial charge is 0.123 e. The summed E-state index contributed by atoms with van der Waals surface area (Å²) in [6.45, 7) is 0.292. The van der Waals surface area contributed by atoms with Gasteiger partial charge in [0.15, 0.2) is 0 Å². The summed E-state index contributed by atoms with van der Waals surface area (Å²) in [6.07, 6.45) is 68.3. The molecule has 0 aromatic heterocycles. The van der Waals surface area contributed by atoms with Crippen molar-refractivity contribution in [1.29, 1.82) is 0 Å². The van der Waals surface area contributed by atoms with E-state index in [-0.39, 0.29) is 0 Å². The molecular formula is C44H72O2. The fourth-order valence-corrected chi connectivity index (χ4v) is 5.16. The van der Waals surface area contributed by atoms with Crippen molar-refractivity contribution in [1.82, 2.24) is 0 Å². The maximum atomic E-state index is 10.2. The number of aldehydes is 1. The average molecular weight is 633 g/mol. The summed E-state index contributed by atoms with van der Waals surface area (Å²) in [5, 5.41) is 8.74. The van der Waals surface area contributed by atoms with Crippen molar-refractivity contribution in [3.05, 3.63) is 97.2 Å². The van der Waals surface area contributed by atoms with Gasteiger partial charge in [-0.25, -0.2) is 0 Å². The first-order chi connectivity index (χ1) is 22.9. The summed E-state index contributed by atoms with van der Waals surface area (Å²) in [7, 11) is 0. The van der Waals surface area contributed by atoms with E-state index in [2.05, 4.69) is 72.9 Å². The molecule has 0 spiro atoms. The van der Waals surface area contributed by atoms with Gasteiger partial charge in [0.1, 0.15) is 6.29 Å². The third-order valence-corrected chi connectivity index (χ3v) is 7.96. The predicted molar refractivity (Wildman–Crippen MR) is 206 cm³/mol. The van der Waals surface area contributed by atoms with Crippen LogP contribution in [0.25, 0.3) is 0 Å². The highest BCUT2D eigenvalue weighted by atomic mass is 16.2. The molecule has 0 radical (unpaired) electrons. The normalized spacial score (nSPS) is 12.9. The number of hydrogen-bond donors (Lipinski definition) is 1. The van der Waals surface area contributed by atoms with Gasteiger partial charge in [0.05, 0.1) is 0 Å². The molecule has 0 heterocycles. The summed E-state index contributed by atoms with van der Waals surface area (Å²) in [4.78, 5) is 10.2. The zero-order chi connectivity index (χ0) is 33.1.